The van der Waals surface area contributed by atoms with Gasteiger partial charge in [-0.2, -0.15) is 0 Å². The summed E-state index contributed by atoms with van der Waals surface area (Å²) in [4.78, 5) is 23.1. The van der Waals surface area contributed by atoms with Gasteiger partial charge in [0, 0.05) is 47.0 Å². The minimum Gasteiger partial charge on any atom is -0.336 e. The number of carbonyl (C=O) groups is 1. The highest BCUT2D eigenvalue weighted by atomic mass is 35.5. The summed E-state index contributed by atoms with van der Waals surface area (Å²) in [5, 5.41) is 3.93. The molecule has 29 heavy (non-hydrogen) atoms. The summed E-state index contributed by atoms with van der Waals surface area (Å²) < 4.78 is 0. The molecule has 1 amide bonds. The summed E-state index contributed by atoms with van der Waals surface area (Å²) in [7, 11) is 0. The van der Waals surface area contributed by atoms with E-state index in [1.54, 1.807) is 23.1 Å². The van der Waals surface area contributed by atoms with Gasteiger partial charge in [0.05, 0.1) is 17.8 Å². The van der Waals surface area contributed by atoms with Crippen LogP contribution in [0.2, 0.25) is 5.02 Å². The number of halogens is 1. The summed E-state index contributed by atoms with van der Waals surface area (Å²) in [5.41, 5.74) is 2.88. The van der Waals surface area contributed by atoms with Crippen molar-refractivity contribution in [1.29, 1.82) is 0 Å². The molecular formula is C22H22ClN3OS2. The Hall–Kier alpha value is -1.86. The van der Waals surface area contributed by atoms with Crippen LogP contribution < -0.4 is 0 Å². The van der Waals surface area contributed by atoms with E-state index in [1.807, 2.05) is 59.7 Å². The lowest BCUT2D eigenvalue weighted by Crippen LogP contribution is -2.48. The molecule has 4 rings (SSSR count). The van der Waals surface area contributed by atoms with E-state index >= 15 is 0 Å². The zero-order valence-corrected chi connectivity index (χ0v) is 18.6. The van der Waals surface area contributed by atoms with Crippen molar-refractivity contribution in [2.45, 2.75) is 11.4 Å². The Bertz CT molecular complexity index is 982. The van der Waals surface area contributed by atoms with E-state index in [2.05, 4.69) is 10.3 Å². The van der Waals surface area contributed by atoms with Crippen molar-refractivity contribution >= 4 is 40.6 Å². The van der Waals surface area contributed by atoms with Gasteiger partial charge >= 0.3 is 0 Å². The second-order valence-electron chi connectivity index (χ2n) is 6.90. The lowest BCUT2D eigenvalue weighted by atomic mass is 10.2. The van der Waals surface area contributed by atoms with E-state index in [-0.39, 0.29) is 5.91 Å². The van der Waals surface area contributed by atoms with E-state index in [9.17, 15) is 4.79 Å². The summed E-state index contributed by atoms with van der Waals surface area (Å²) in [5.74, 6) is 0.133. The Morgan fingerprint density at radius 3 is 2.55 bits per heavy atom. The van der Waals surface area contributed by atoms with Crippen molar-refractivity contribution < 1.29 is 4.79 Å². The molecule has 0 N–H and O–H groups in total. The molecule has 2 heterocycles. The molecule has 4 nitrogen and oxygen atoms in total. The SMILES string of the molecule is CSc1ccccc1C(=O)N1CCN(Cc2nc(-c3ccc(Cl)cc3)cs2)CC1. The Balaban J connectivity index is 1.34. The van der Waals surface area contributed by atoms with Gasteiger partial charge in [-0.1, -0.05) is 35.9 Å². The third-order valence-corrected chi connectivity index (χ3v) is 6.93. The molecule has 2 aromatic carbocycles. The Labute approximate surface area is 184 Å². The molecule has 7 heteroatoms. The van der Waals surface area contributed by atoms with Crippen LogP contribution in [0.5, 0.6) is 0 Å². The molecule has 0 radical (unpaired) electrons. The van der Waals surface area contributed by atoms with Crippen LogP contribution in [-0.2, 0) is 6.54 Å². The maximum atomic E-state index is 12.9. The molecule has 1 aromatic heterocycles. The standard InChI is InChI=1S/C22H22ClN3OS2/c1-28-20-5-3-2-4-18(20)22(27)26-12-10-25(11-13-26)14-21-24-19(15-29-21)16-6-8-17(23)9-7-16/h2-9,15H,10-14H2,1H3. The Morgan fingerprint density at radius 1 is 1.10 bits per heavy atom. The van der Waals surface area contributed by atoms with Crippen molar-refractivity contribution in [2.75, 3.05) is 32.4 Å². The summed E-state index contributed by atoms with van der Waals surface area (Å²) in [6.45, 7) is 4.04. The van der Waals surface area contributed by atoms with Crippen LogP contribution in [0.15, 0.2) is 58.8 Å². The largest absolute Gasteiger partial charge is 0.336 e. The normalized spacial score (nSPS) is 14.9. The van der Waals surface area contributed by atoms with Gasteiger partial charge in [-0.05, 0) is 30.5 Å². The fraction of sp³-hybridized carbons (Fsp3) is 0.273. The van der Waals surface area contributed by atoms with Crippen LogP contribution >= 0.6 is 34.7 Å². The number of hydrogen-bond acceptors (Lipinski definition) is 5. The molecule has 0 bridgehead atoms. The highest BCUT2D eigenvalue weighted by molar-refractivity contribution is 7.98. The van der Waals surface area contributed by atoms with Crippen molar-refractivity contribution in [3.8, 4) is 11.3 Å². The number of piperazine rings is 1. The third-order valence-electron chi connectivity index (χ3n) is 5.05. The molecule has 1 aliphatic heterocycles. The number of hydrogen-bond donors (Lipinski definition) is 0. The number of rotatable bonds is 5. The van der Waals surface area contributed by atoms with Gasteiger partial charge < -0.3 is 4.90 Å². The first-order chi connectivity index (χ1) is 14.1. The number of thioether (sulfide) groups is 1. The second-order valence-corrected chi connectivity index (χ2v) is 9.13. The number of carbonyl (C=O) groups excluding carboxylic acids is 1. The average molecular weight is 444 g/mol. The van der Waals surface area contributed by atoms with Gasteiger partial charge in [-0.15, -0.1) is 23.1 Å². The van der Waals surface area contributed by atoms with Gasteiger partial charge in [0.15, 0.2) is 0 Å². The first-order valence-corrected chi connectivity index (χ1v) is 12.0. The van der Waals surface area contributed by atoms with E-state index < -0.39 is 0 Å². The van der Waals surface area contributed by atoms with E-state index in [0.717, 1.165) is 64.5 Å². The van der Waals surface area contributed by atoms with Crippen molar-refractivity contribution in [2.24, 2.45) is 0 Å². The fourth-order valence-electron chi connectivity index (χ4n) is 3.43. The van der Waals surface area contributed by atoms with Gasteiger partial charge in [0.25, 0.3) is 5.91 Å². The molecule has 0 saturated carbocycles. The van der Waals surface area contributed by atoms with Crippen molar-refractivity contribution in [1.82, 2.24) is 14.8 Å². The van der Waals surface area contributed by atoms with E-state index in [4.69, 9.17) is 16.6 Å². The number of amides is 1. The monoisotopic (exact) mass is 443 g/mol. The van der Waals surface area contributed by atoms with Crippen LogP contribution in [-0.4, -0.2) is 53.1 Å². The number of benzene rings is 2. The molecular weight excluding hydrogens is 422 g/mol. The van der Waals surface area contributed by atoms with Crippen LogP contribution in [0.3, 0.4) is 0 Å². The topological polar surface area (TPSA) is 36.4 Å². The summed E-state index contributed by atoms with van der Waals surface area (Å²) >= 11 is 9.27. The highest BCUT2D eigenvalue weighted by Gasteiger charge is 2.24. The molecule has 1 fully saturated rings. The molecule has 3 aromatic rings. The van der Waals surface area contributed by atoms with Crippen LogP contribution in [0.1, 0.15) is 15.4 Å². The predicted molar refractivity (Wildman–Crippen MR) is 122 cm³/mol. The molecule has 0 spiro atoms. The van der Waals surface area contributed by atoms with Crippen LogP contribution in [0, 0.1) is 0 Å². The van der Waals surface area contributed by atoms with Crippen LogP contribution in [0.25, 0.3) is 11.3 Å². The zero-order valence-electron chi connectivity index (χ0n) is 16.2. The third kappa shape index (κ3) is 4.83. The van der Waals surface area contributed by atoms with Crippen molar-refractivity contribution in [3.05, 3.63) is 69.5 Å². The minimum absolute atomic E-state index is 0.133. The minimum atomic E-state index is 0.133. The number of thiazole rings is 1. The molecule has 0 aliphatic carbocycles. The zero-order chi connectivity index (χ0) is 20.2. The van der Waals surface area contributed by atoms with Gasteiger partial charge in [-0.25, -0.2) is 4.98 Å². The molecule has 1 saturated heterocycles. The number of aromatic nitrogens is 1. The summed E-state index contributed by atoms with van der Waals surface area (Å²) in [6.07, 6.45) is 2.01. The second kappa shape index (κ2) is 9.30. The predicted octanol–water partition coefficient (Wildman–Crippen LogP) is 5.14. The maximum Gasteiger partial charge on any atom is 0.255 e. The van der Waals surface area contributed by atoms with Crippen molar-refractivity contribution in [3.63, 3.8) is 0 Å². The molecule has 150 valence electrons. The van der Waals surface area contributed by atoms with Crippen LogP contribution in [0.4, 0.5) is 0 Å². The van der Waals surface area contributed by atoms with E-state index in [0.29, 0.717) is 0 Å². The van der Waals surface area contributed by atoms with E-state index in [1.165, 1.54) is 0 Å². The molecule has 0 unspecified atom stereocenters. The first kappa shape index (κ1) is 20.4. The highest BCUT2D eigenvalue weighted by Crippen LogP contribution is 2.25. The van der Waals surface area contributed by atoms with Gasteiger partial charge in [0.2, 0.25) is 0 Å². The first-order valence-electron chi connectivity index (χ1n) is 9.49. The Kier molecular flexibility index (Phi) is 6.55. The number of nitrogens with zero attached hydrogens (tertiary/aromatic N) is 3. The smallest absolute Gasteiger partial charge is 0.255 e. The lowest BCUT2D eigenvalue weighted by Gasteiger charge is -2.34. The Morgan fingerprint density at radius 2 is 1.83 bits per heavy atom. The average Bonchev–Trinajstić information content (AvgIpc) is 3.22. The quantitative estimate of drug-likeness (QED) is 0.511. The van der Waals surface area contributed by atoms with Gasteiger partial charge in [-0.3, -0.25) is 9.69 Å². The lowest BCUT2D eigenvalue weighted by molar-refractivity contribution is 0.0625. The fourth-order valence-corrected chi connectivity index (χ4v) is 4.99. The maximum absolute atomic E-state index is 12.9. The summed E-state index contributed by atoms with van der Waals surface area (Å²) in [6, 6.07) is 15.6. The molecule has 0 atom stereocenters. The van der Waals surface area contributed by atoms with Gasteiger partial charge in [0.1, 0.15) is 5.01 Å². The molecule has 1 aliphatic rings.